The van der Waals surface area contributed by atoms with E-state index < -0.39 is 0 Å². The predicted molar refractivity (Wildman–Crippen MR) is 139 cm³/mol. The monoisotopic (exact) mass is 442 g/mol. The van der Waals surface area contributed by atoms with Crippen LogP contribution in [0, 0.1) is 18.3 Å². The quantitative estimate of drug-likeness (QED) is 0.125. The van der Waals surface area contributed by atoms with E-state index in [0.29, 0.717) is 19.8 Å². The van der Waals surface area contributed by atoms with Gasteiger partial charge in [0.25, 0.3) is 0 Å². The Balaban J connectivity index is 1.78. The molecule has 0 heterocycles. The first-order valence-corrected chi connectivity index (χ1v) is 13.5. The van der Waals surface area contributed by atoms with Crippen LogP contribution in [-0.4, -0.2) is 19.8 Å². The maximum atomic E-state index is 5.79. The Bertz CT molecular complexity index is 534. The van der Waals surface area contributed by atoms with Crippen molar-refractivity contribution in [1.82, 2.24) is 0 Å². The van der Waals surface area contributed by atoms with Crippen LogP contribution < -0.4 is 0 Å². The lowest BCUT2D eigenvalue weighted by molar-refractivity contribution is 0.0507. The van der Waals surface area contributed by atoms with Gasteiger partial charge in [-0.2, -0.15) is 0 Å². The standard InChI is InChI=1S/C30H50O2/c1-3-5-6-7-8-9-10-11-12-13-14-15-16-17-18-22-25-31-26-29(4-2)27-32-28-30-23-20-19-21-24-30/h2,19-21,23-24,29H,3,5-18,22,25-28H2,1H3/t29-/m1/s1. The molecule has 0 N–H and O–H groups in total. The topological polar surface area (TPSA) is 18.5 Å². The van der Waals surface area contributed by atoms with Gasteiger partial charge in [0.2, 0.25) is 0 Å². The molecule has 0 aliphatic rings. The summed E-state index contributed by atoms with van der Waals surface area (Å²) in [6.07, 6.45) is 27.9. The first-order valence-electron chi connectivity index (χ1n) is 13.5. The van der Waals surface area contributed by atoms with E-state index in [1.54, 1.807) is 0 Å². The minimum atomic E-state index is 0.0415. The summed E-state index contributed by atoms with van der Waals surface area (Å²) in [4.78, 5) is 0. The Morgan fingerprint density at radius 2 is 1.12 bits per heavy atom. The van der Waals surface area contributed by atoms with E-state index in [-0.39, 0.29) is 5.92 Å². The van der Waals surface area contributed by atoms with Crippen molar-refractivity contribution in [1.29, 1.82) is 0 Å². The van der Waals surface area contributed by atoms with Crippen LogP contribution in [0.15, 0.2) is 30.3 Å². The Morgan fingerprint density at radius 1 is 0.656 bits per heavy atom. The smallest absolute Gasteiger partial charge is 0.0717 e. The zero-order valence-electron chi connectivity index (χ0n) is 21.0. The third kappa shape index (κ3) is 18.3. The van der Waals surface area contributed by atoms with Gasteiger partial charge in [0, 0.05) is 6.61 Å². The van der Waals surface area contributed by atoms with E-state index in [1.807, 2.05) is 18.2 Å². The minimum Gasteiger partial charge on any atom is -0.380 e. The molecule has 0 radical (unpaired) electrons. The van der Waals surface area contributed by atoms with Crippen molar-refractivity contribution >= 4 is 0 Å². The number of ether oxygens (including phenoxy) is 2. The molecule has 32 heavy (non-hydrogen) atoms. The fraction of sp³-hybridized carbons (Fsp3) is 0.733. The summed E-state index contributed by atoms with van der Waals surface area (Å²) in [5.74, 6) is 2.84. The van der Waals surface area contributed by atoms with Crippen LogP contribution in [0.25, 0.3) is 0 Å². The summed E-state index contributed by atoms with van der Waals surface area (Å²) in [6, 6.07) is 10.2. The van der Waals surface area contributed by atoms with E-state index in [0.717, 1.165) is 13.0 Å². The highest BCUT2D eigenvalue weighted by Gasteiger charge is 2.06. The van der Waals surface area contributed by atoms with E-state index >= 15 is 0 Å². The molecular weight excluding hydrogens is 392 g/mol. The second-order valence-electron chi connectivity index (χ2n) is 9.24. The molecule has 1 aromatic rings. The Hall–Kier alpha value is -1.30. The Labute approximate surface area is 199 Å². The molecule has 0 aliphatic carbocycles. The van der Waals surface area contributed by atoms with Crippen LogP contribution >= 0.6 is 0 Å². The highest BCUT2D eigenvalue weighted by atomic mass is 16.5. The number of unbranched alkanes of at least 4 members (excludes halogenated alkanes) is 15. The van der Waals surface area contributed by atoms with Gasteiger partial charge >= 0.3 is 0 Å². The van der Waals surface area contributed by atoms with Gasteiger partial charge < -0.3 is 9.47 Å². The summed E-state index contributed by atoms with van der Waals surface area (Å²) in [6.45, 7) is 4.87. The van der Waals surface area contributed by atoms with Crippen molar-refractivity contribution < 1.29 is 9.47 Å². The second kappa shape index (κ2) is 22.9. The van der Waals surface area contributed by atoms with Gasteiger partial charge in [0.05, 0.1) is 25.7 Å². The lowest BCUT2D eigenvalue weighted by Gasteiger charge is -2.12. The van der Waals surface area contributed by atoms with Crippen LogP contribution in [0.3, 0.4) is 0 Å². The highest BCUT2D eigenvalue weighted by molar-refractivity contribution is 5.13. The van der Waals surface area contributed by atoms with Crippen LogP contribution in [0.5, 0.6) is 0 Å². The molecule has 0 aromatic heterocycles. The number of hydrogen-bond acceptors (Lipinski definition) is 2. The van der Waals surface area contributed by atoms with E-state index in [2.05, 4.69) is 25.0 Å². The lowest BCUT2D eigenvalue weighted by atomic mass is 10.0. The number of rotatable bonds is 23. The molecular formula is C30H50O2. The van der Waals surface area contributed by atoms with Gasteiger partial charge in [0.1, 0.15) is 0 Å². The van der Waals surface area contributed by atoms with Crippen LogP contribution in [0.1, 0.15) is 115 Å². The maximum absolute atomic E-state index is 5.79. The molecule has 0 unspecified atom stereocenters. The average Bonchev–Trinajstić information content (AvgIpc) is 2.82. The summed E-state index contributed by atoms with van der Waals surface area (Å²) in [5, 5.41) is 0. The third-order valence-electron chi connectivity index (χ3n) is 6.13. The molecule has 0 bridgehead atoms. The fourth-order valence-corrected chi connectivity index (χ4v) is 4.02. The van der Waals surface area contributed by atoms with Gasteiger partial charge in [-0.1, -0.05) is 139 Å². The van der Waals surface area contributed by atoms with Gasteiger partial charge in [-0.05, 0) is 12.0 Å². The van der Waals surface area contributed by atoms with Crippen molar-refractivity contribution in [2.24, 2.45) is 5.92 Å². The fourth-order valence-electron chi connectivity index (χ4n) is 4.02. The van der Waals surface area contributed by atoms with Crippen molar-refractivity contribution in [3.8, 4) is 12.3 Å². The van der Waals surface area contributed by atoms with Crippen molar-refractivity contribution in [3.05, 3.63) is 35.9 Å². The van der Waals surface area contributed by atoms with Gasteiger partial charge in [-0.15, -0.1) is 6.42 Å². The Kier molecular flexibility index (Phi) is 20.5. The van der Waals surface area contributed by atoms with Gasteiger partial charge in [-0.25, -0.2) is 0 Å². The molecule has 2 heteroatoms. The number of benzene rings is 1. The van der Waals surface area contributed by atoms with Crippen molar-refractivity contribution in [3.63, 3.8) is 0 Å². The first kappa shape index (κ1) is 28.7. The maximum Gasteiger partial charge on any atom is 0.0717 e. The summed E-state index contributed by atoms with van der Waals surface area (Å²) >= 11 is 0. The summed E-state index contributed by atoms with van der Waals surface area (Å²) < 4.78 is 11.5. The molecule has 0 fully saturated rings. The molecule has 0 spiro atoms. The largest absolute Gasteiger partial charge is 0.380 e. The SMILES string of the molecule is C#C[C@H](COCCCCCCCCCCCCCCCCCC)COCc1ccccc1. The normalized spacial score (nSPS) is 12.0. The van der Waals surface area contributed by atoms with Crippen molar-refractivity contribution in [2.45, 2.75) is 116 Å². The minimum absolute atomic E-state index is 0.0415. The molecule has 1 rings (SSSR count). The molecule has 1 atom stereocenters. The van der Waals surface area contributed by atoms with Gasteiger partial charge in [0.15, 0.2) is 0 Å². The molecule has 0 aliphatic heterocycles. The first-order chi connectivity index (χ1) is 15.9. The molecule has 0 saturated carbocycles. The second-order valence-corrected chi connectivity index (χ2v) is 9.24. The highest BCUT2D eigenvalue weighted by Crippen LogP contribution is 2.14. The lowest BCUT2D eigenvalue weighted by Crippen LogP contribution is -2.15. The molecule has 182 valence electrons. The predicted octanol–water partition coefficient (Wildman–Crippen LogP) is 8.73. The van der Waals surface area contributed by atoms with Crippen LogP contribution in [-0.2, 0) is 16.1 Å². The molecule has 0 amide bonds. The zero-order chi connectivity index (χ0) is 23.0. The number of terminal acetylenes is 1. The van der Waals surface area contributed by atoms with E-state index in [9.17, 15) is 0 Å². The zero-order valence-corrected chi connectivity index (χ0v) is 21.0. The molecule has 1 aromatic carbocycles. The average molecular weight is 443 g/mol. The van der Waals surface area contributed by atoms with Crippen LogP contribution in [0.4, 0.5) is 0 Å². The Morgan fingerprint density at radius 3 is 1.62 bits per heavy atom. The van der Waals surface area contributed by atoms with E-state index in [4.69, 9.17) is 15.9 Å². The summed E-state index contributed by atoms with van der Waals surface area (Å²) in [7, 11) is 0. The van der Waals surface area contributed by atoms with E-state index in [1.165, 1.54) is 102 Å². The van der Waals surface area contributed by atoms with Gasteiger partial charge in [-0.3, -0.25) is 0 Å². The number of hydrogen-bond donors (Lipinski definition) is 0. The molecule has 0 saturated heterocycles. The van der Waals surface area contributed by atoms with Crippen LogP contribution in [0.2, 0.25) is 0 Å². The third-order valence-corrected chi connectivity index (χ3v) is 6.13. The van der Waals surface area contributed by atoms with Crippen molar-refractivity contribution in [2.75, 3.05) is 19.8 Å². The summed E-state index contributed by atoms with van der Waals surface area (Å²) in [5.41, 5.74) is 1.18. The molecule has 2 nitrogen and oxygen atoms in total.